The first-order chi connectivity index (χ1) is 65.6. The van der Waals surface area contributed by atoms with Gasteiger partial charge in [0.25, 0.3) is 0 Å². The Kier molecular flexibility index (Phi) is 36.5. The van der Waals surface area contributed by atoms with Crippen molar-refractivity contribution >= 4 is 66.7 Å². The third-order valence-corrected chi connectivity index (χ3v) is 22.4. The molecule has 0 spiro atoms. The number of ether oxygens (including phenoxy) is 1. The molecule has 23 rings (SSSR count). The van der Waals surface area contributed by atoms with Gasteiger partial charge in [-0.1, -0.05) is 156 Å². The Hall–Kier alpha value is -14.5. The molecular formula is C115H90Ir5N14O5-6. The number of methoxy groups -OCH3 is 1. The molecule has 0 saturated heterocycles. The van der Waals surface area contributed by atoms with E-state index in [1.165, 1.54) is 62.2 Å². The number of aromatic carboxylic acids is 1. The van der Waals surface area contributed by atoms with Crippen LogP contribution in [0.15, 0.2) is 393 Å². The molecule has 10 aromatic heterocycles. The van der Waals surface area contributed by atoms with Crippen molar-refractivity contribution in [2.24, 2.45) is 0 Å². The predicted molar refractivity (Wildman–Crippen MR) is 532 cm³/mol. The van der Waals surface area contributed by atoms with Crippen molar-refractivity contribution in [2.45, 2.75) is 48.5 Å². The van der Waals surface area contributed by atoms with Crippen LogP contribution in [-0.2, 0) is 101 Å². The van der Waals surface area contributed by atoms with Crippen LogP contribution in [-0.4, -0.2) is 85.7 Å². The molecule has 1 N–H and O–H groups in total. The van der Waals surface area contributed by atoms with Crippen molar-refractivity contribution in [1.29, 1.82) is 0 Å². The van der Waals surface area contributed by atoms with E-state index in [0.717, 1.165) is 146 Å². The van der Waals surface area contributed by atoms with Crippen molar-refractivity contribution in [1.82, 2.24) is 67.5 Å². The largest absolute Gasteiger partial charge is 0.501 e. The number of pyridine rings is 2. The summed E-state index contributed by atoms with van der Waals surface area (Å²) in [5.41, 5.74) is 24.4. The second kappa shape index (κ2) is 49.0. The number of carbonyl (C=O) groups is 1. The molecule has 24 heteroatoms. The van der Waals surface area contributed by atoms with Crippen LogP contribution in [0.2, 0.25) is 0 Å². The molecule has 0 aliphatic carbocycles. The fourth-order valence-corrected chi connectivity index (χ4v) is 16.3. The van der Waals surface area contributed by atoms with Crippen LogP contribution in [0.1, 0.15) is 55.0 Å². The van der Waals surface area contributed by atoms with Gasteiger partial charge in [-0.25, -0.2) is 9.78 Å². The number of para-hydroxylation sites is 6. The van der Waals surface area contributed by atoms with Gasteiger partial charge in [0.1, 0.15) is 22.6 Å². The molecule has 19 nitrogen and oxygen atoms in total. The predicted octanol–water partition coefficient (Wildman–Crippen LogP) is 26.3. The van der Waals surface area contributed by atoms with E-state index in [4.69, 9.17) is 18.7 Å². The first kappa shape index (κ1) is 103. The first-order valence-electron chi connectivity index (χ1n) is 43.4. The molecule has 10 heterocycles. The summed E-state index contributed by atoms with van der Waals surface area (Å²) in [4.78, 5) is 40.4. The van der Waals surface area contributed by atoms with Crippen LogP contribution in [0.3, 0.4) is 0 Å². The van der Waals surface area contributed by atoms with E-state index >= 15 is 0 Å². The fourth-order valence-electron chi connectivity index (χ4n) is 16.3. The van der Waals surface area contributed by atoms with Gasteiger partial charge < -0.3 is 46.5 Å². The number of aromatic nitrogens is 14. The Morgan fingerprint density at radius 3 is 1.48 bits per heavy atom. The number of furan rings is 2. The maximum Gasteiger partial charge on any atom is 0.354 e. The molecule has 23 aromatic rings. The molecule has 5 radical (unpaired) electrons. The maximum absolute atomic E-state index is 10.1. The van der Waals surface area contributed by atoms with E-state index in [9.17, 15) is 4.79 Å². The van der Waals surface area contributed by atoms with Crippen molar-refractivity contribution in [3.8, 4) is 96.8 Å². The van der Waals surface area contributed by atoms with E-state index in [1.54, 1.807) is 48.7 Å². The van der Waals surface area contributed by atoms with Crippen molar-refractivity contribution in [2.75, 3.05) is 7.11 Å². The van der Waals surface area contributed by atoms with Gasteiger partial charge in [0.2, 0.25) is 0 Å². The number of imidazole rings is 5. The van der Waals surface area contributed by atoms with E-state index in [-0.39, 0.29) is 106 Å². The van der Waals surface area contributed by atoms with Gasteiger partial charge in [0.05, 0.1) is 41.6 Å². The number of benzene rings is 13. The normalized spacial score (nSPS) is 10.4. The summed E-state index contributed by atoms with van der Waals surface area (Å²) >= 11 is 0. The molecular weight excluding hydrogens is 2620 g/mol. The third kappa shape index (κ3) is 23.9. The Balaban J connectivity index is 0.000000147. The fraction of sp³-hybridized carbons (Fsp3) is 0.0696. The standard InChI is InChI=1S/C23H17N2O.C22H15N2O.C19H13N2.C19H17N2.C17H16N3O.C9H7N2.C6H5NO2.5Ir/c1-15-6-5-7-16(2)22(15)25-13-12-24-23(25)17-10-11-21-19(14-17)18-8-3-4-9-20(18)26-21;1-15-7-2-4-11-19(15)24-14-13-23-22(24)18-10-6-9-17-16-8-3-5-12-20(16)25-21(17)18;1-2-8-18(9-3-1)21-13-12-20-19(21)17-11-10-15-6-4-5-7-16(15)14-17;1-4-16-12-14(2)18(15(3)13-16)21-11-10-20-19(21)17-8-6-5-7-9-17;1-12-10-15(21-3)11-13(2)16(12)20-9-8-19-17(20)14-4-6-18-7-5-14;1-2-5-9(6-3-1)11-8-4-7-10-11;8-6(9)5-3-1-2-4-7-5;;;;;/h3-9,11-14H,1-2H3;2-9,11-14H,1H3;1-10,12-14H;4-8,10-13H,1H2,2-3H3;4,6-11H,1-3H3;1-5,7-8H;1-4H,(H,8,9);;;;;/q6*-1;;;;;;. The monoisotopic (exact) mass is 2710 g/mol. The Morgan fingerprint density at radius 2 is 0.899 bits per heavy atom. The summed E-state index contributed by atoms with van der Waals surface area (Å²) in [6.07, 6.45) is 29.4. The minimum absolute atomic E-state index is 0. The average molecular weight is 2710 g/mol. The molecule has 701 valence electrons. The molecule has 0 saturated carbocycles. The van der Waals surface area contributed by atoms with E-state index < -0.39 is 5.97 Å². The van der Waals surface area contributed by atoms with Gasteiger partial charge in [-0.05, 0) is 184 Å². The van der Waals surface area contributed by atoms with Crippen LogP contribution in [0.5, 0.6) is 5.75 Å². The summed E-state index contributed by atoms with van der Waals surface area (Å²) in [5.74, 6) is 4.27. The molecule has 0 unspecified atom stereocenters. The number of fused-ring (bicyclic) bond motifs is 7. The minimum atomic E-state index is -0.990. The summed E-state index contributed by atoms with van der Waals surface area (Å²) in [6.45, 7) is 18.6. The molecule has 0 atom stereocenters. The molecule has 0 fully saturated rings. The van der Waals surface area contributed by atoms with E-state index in [0.29, 0.717) is 0 Å². The minimum Gasteiger partial charge on any atom is -0.501 e. The first-order valence-corrected chi connectivity index (χ1v) is 43.4. The van der Waals surface area contributed by atoms with Gasteiger partial charge in [0, 0.05) is 226 Å². The van der Waals surface area contributed by atoms with Crippen LogP contribution in [0.25, 0.3) is 152 Å². The maximum atomic E-state index is 10.1. The number of hydrogen-bond acceptors (Lipinski definition) is 12. The number of carboxylic acids is 1. The van der Waals surface area contributed by atoms with Gasteiger partial charge in [-0.3, -0.25) is 29.6 Å². The zero-order valence-electron chi connectivity index (χ0n) is 76.6. The number of rotatable bonds is 14. The molecule has 0 bridgehead atoms. The van der Waals surface area contributed by atoms with Gasteiger partial charge in [-0.15, -0.1) is 125 Å². The Bertz CT molecular complexity index is 7910. The molecule has 0 aliphatic heterocycles. The van der Waals surface area contributed by atoms with E-state index in [2.05, 4.69) is 251 Å². The summed E-state index contributed by atoms with van der Waals surface area (Å²) < 4.78 is 29.7. The van der Waals surface area contributed by atoms with Crippen molar-refractivity contribution in [3.05, 3.63) is 471 Å². The second-order valence-electron chi connectivity index (χ2n) is 31.3. The molecule has 13 aromatic carbocycles. The van der Waals surface area contributed by atoms with Gasteiger partial charge in [0.15, 0.2) is 0 Å². The average Bonchev–Trinajstić information content (AvgIpc) is 1.58. The Labute approximate surface area is 873 Å². The quantitative estimate of drug-likeness (QED) is 0.101. The van der Waals surface area contributed by atoms with Gasteiger partial charge >= 0.3 is 5.97 Å². The number of nitrogens with zero attached hydrogens (tertiary/aromatic N) is 14. The summed E-state index contributed by atoms with van der Waals surface area (Å²) in [7, 11) is 1.68. The summed E-state index contributed by atoms with van der Waals surface area (Å²) in [5, 5.41) is 19.2. The van der Waals surface area contributed by atoms with Gasteiger partial charge in [-0.2, -0.15) is 35.4 Å². The third-order valence-electron chi connectivity index (χ3n) is 22.4. The Morgan fingerprint density at radius 1 is 0.374 bits per heavy atom. The van der Waals surface area contributed by atoms with Crippen molar-refractivity contribution in [3.63, 3.8) is 0 Å². The van der Waals surface area contributed by atoms with E-state index in [1.807, 2.05) is 238 Å². The molecule has 0 amide bonds. The van der Waals surface area contributed by atoms with Crippen LogP contribution in [0.4, 0.5) is 0 Å². The zero-order valence-corrected chi connectivity index (χ0v) is 88.6. The topological polar surface area (TPSA) is 206 Å². The van der Waals surface area contributed by atoms with Crippen molar-refractivity contribution < 1.29 is 124 Å². The smallest absolute Gasteiger partial charge is 0.354 e. The molecule has 0 aliphatic rings. The van der Waals surface area contributed by atoms with Crippen LogP contribution < -0.4 is 4.74 Å². The SMILES string of the molecule is C=Cc1cc(C)c(-n2ccnc2-c2[c-]cccc2)c(C)c1.COc1cc(C)c(-n2ccnc2-c2[c-]cncc2)c(C)c1.Cc1cccc(C)c1-n1ccnc1-c1[c-]cc2oc3ccccc3c2c1.Cc1ccccc1-n1ccnc1-c1[c-]ccc2c1oc1ccccc12.O=C(O)c1ccccn1.[Ir].[Ir].[Ir].[Ir].[Ir].[c-]1cc2ccccc2cc1-c1nccn1-c1ccccc1.[c-]1ccccc1-n1cccn1. The molecule has 139 heavy (non-hydrogen) atoms. The number of carboxylic acid groups (broad SMARTS) is 1. The zero-order chi connectivity index (χ0) is 92.4. The summed E-state index contributed by atoms with van der Waals surface area (Å²) in [6, 6.07) is 114. The van der Waals surface area contributed by atoms with Crippen LogP contribution >= 0.6 is 0 Å². The van der Waals surface area contributed by atoms with Crippen LogP contribution in [0, 0.1) is 84.9 Å². The number of aryl methyl sites for hydroxylation is 7. The second-order valence-corrected chi connectivity index (χ2v) is 31.3. The number of hydrogen-bond donors (Lipinski definition) is 1.